The van der Waals surface area contributed by atoms with Crippen LogP contribution in [0.25, 0.3) is 87.7 Å². The van der Waals surface area contributed by atoms with Crippen LogP contribution < -0.4 is 18.6 Å². The summed E-state index contributed by atoms with van der Waals surface area (Å²) >= 11 is 0. The van der Waals surface area contributed by atoms with Crippen molar-refractivity contribution in [3.8, 4) is 34.0 Å². The molecule has 0 saturated heterocycles. The molecule has 0 bridgehead atoms. The molecule has 2 heterocycles. The molecule has 0 aliphatic carbocycles. The summed E-state index contributed by atoms with van der Waals surface area (Å²) in [6.07, 6.45) is 2.11. The van der Waals surface area contributed by atoms with Crippen molar-refractivity contribution in [3.63, 3.8) is 0 Å². The monoisotopic (exact) mass is 744 g/mol. The molecular weight excluding hydrogens is 701 g/mol. The van der Waals surface area contributed by atoms with Gasteiger partial charge in [0.25, 0.3) is 0 Å². The third-order valence-corrected chi connectivity index (χ3v) is 11.4. The Hall–Kier alpha value is -6.92. The standard InChI is InChI=1S/C26H23N2O2.C25H21N2/c1-16-9-8-12-18-19-13-22(29-3)23(30-4)14-20(19)25-26(24(16)18)28(2)15-21(27-25)17-10-6-5-7-11-17;1-16-10-9-15-20-19-13-7-8-14-21(19)24-25(22(16)20)27(3)17(2)23(26-24)18-11-5-4-6-12-18/h5-15H,1-4H3;4-15H,1-3H3/q2*+1. The lowest BCUT2D eigenvalue weighted by molar-refractivity contribution is -0.650. The molecule has 10 aromatic rings. The third kappa shape index (κ3) is 5.87. The van der Waals surface area contributed by atoms with Gasteiger partial charge in [0.15, 0.2) is 17.7 Å². The summed E-state index contributed by atoms with van der Waals surface area (Å²) < 4.78 is 15.7. The van der Waals surface area contributed by atoms with Crippen molar-refractivity contribution in [1.29, 1.82) is 0 Å². The van der Waals surface area contributed by atoms with Crippen LogP contribution in [-0.4, -0.2) is 24.2 Å². The van der Waals surface area contributed by atoms with Crippen molar-refractivity contribution in [2.24, 2.45) is 14.1 Å². The number of methoxy groups -OCH3 is 2. The van der Waals surface area contributed by atoms with E-state index in [1.165, 1.54) is 54.7 Å². The Balaban J connectivity index is 0.000000149. The molecule has 57 heavy (non-hydrogen) atoms. The maximum atomic E-state index is 5.61. The zero-order chi connectivity index (χ0) is 39.4. The predicted octanol–water partition coefficient (Wildman–Crippen LogP) is 11.0. The van der Waals surface area contributed by atoms with Crippen LogP contribution in [0, 0.1) is 20.8 Å². The van der Waals surface area contributed by atoms with Gasteiger partial charge in [-0.3, -0.25) is 0 Å². The number of fused-ring (bicyclic) bond motifs is 12. The molecule has 10 rings (SSSR count). The molecule has 278 valence electrons. The topological polar surface area (TPSA) is 52.0 Å². The van der Waals surface area contributed by atoms with E-state index in [2.05, 4.69) is 153 Å². The van der Waals surface area contributed by atoms with Crippen molar-refractivity contribution in [2.75, 3.05) is 14.2 Å². The van der Waals surface area contributed by atoms with E-state index in [0.29, 0.717) is 5.75 Å². The number of nitrogens with zero attached hydrogens (tertiary/aromatic N) is 4. The second-order valence-electron chi connectivity index (χ2n) is 14.8. The smallest absolute Gasteiger partial charge is 0.240 e. The fourth-order valence-corrected chi connectivity index (χ4v) is 8.56. The zero-order valence-electron chi connectivity index (χ0n) is 33.4. The molecule has 0 amide bonds. The van der Waals surface area contributed by atoms with Crippen LogP contribution in [0.4, 0.5) is 0 Å². The van der Waals surface area contributed by atoms with Crippen LogP contribution in [0.15, 0.2) is 140 Å². The zero-order valence-corrected chi connectivity index (χ0v) is 33.4. The Morgan fingerprint density at radius 1 is 0.474 bits per heavy atom. The van der Waals surface area contributed by atoms with Crippen molar-refractivity contribution in [1.82, 2.24) is 9.97 Å². The summed E-state index contributed by atoms with van der Waals surface area (Å²) in [5.41, 5.74) is 12.3. The fourth-order valence-electron chi connectivity index (χ4n) is 8.56. The van der Waals surface area contributed by atoms with Gasteiger partial charge in [-0.05, 0) is 58.7 Å². The minimum absolute atomic E-state index is 0.702. The molecule has 0 saturated carbocycles. The first-order chi connectivity index (χ1) is 27.8. The minimum Gasteiger partial charge on any atom is -0.493 e. The van der Waals surface area contributed by atoms with Gasteiger partial charge in [0, 0.05) is 28.8 Å². The fraction of sp³-hybridized carbons (Fsp3) is 0.137. The molecular formula is C51H44N4O2+2. The maximum Gasteiger partial charge on any atom is 0.240 e. The van der Waals surface area contributed by atoms with Gasteiger partial charge in [-0.1, -0.05) is 121 Å². The number of hydrogen-bond acceptors (Lipinski definition) is 4. The highest BCUT2D eigenvalue weighted by Crippen LogP contribution is 2.41. The molecule has 0 N–H and O–H groups in total. The normalized spacial score (nSPS) is 11.4. The van der Waals surface area contributed by atoms with Gasteiger partial charge in [-0.15, -0.1) is 0 Å². The van der Waals surface area contributed by atoms with E-state index in [9.17, 15) is 0 Å². The van der Waals surface area contributed by atoms with Gasteiger partial charge in [-0.2, -0.15) is 9.13 Å². The van der Waals surface area contributed by atoms with E-state index < -0.39 is 0 Å². The molecule has 0 aliphatic heterocycles. The van der Waals surface area contributed by atoms with E-state index in [1.54, 1.807) is 14.2 Å². The van der Waals surface area contributed by atoms with E-state index >= 15 is 0 Å². The summed E-state index contributed by atoms with van der Waals surface area (Å²) in [7, 11) is 7.59. The Labute approximate surface area is 332 Å². The molecule has 0 aliphatic rings. The SMILES string of the molecule is COc1cc2c(cc1OC)c1nc(-c3ccccc3)c[n+](C)c1c1c(C)cccc21.Cc1cccc2c3ccccc3c3nc(-c4ccccc4)c(C)[n+](C)c3c12. The average molecular weight is 745 g/mol. The number of aromatic nitrogens is 4. The lowest BCUT2D eigenvalue weighted by Gasteiger charge is -2.14. The maximum absolute atomic E-state index is 5.61. The minimum atomic E-state index is 0.702. The van der Waals surface area contributed by atoms with Crippen LogP contribution in [0.5, 0.6) is 11.5 Å². The predicted molar refractivity (Wildman–Crippen MR) is 234 cm³/mol. The second kappa shape index (κ2) is 14.3. The quantitative estimate of drug-likeness (QED) is 0.133. The van der Waals surface area contributed by atoms with E-state index in [0.717, 1.165) is 55.6 Å². The van der Waals surface area contributed by atoms with Crippen LogP contribution in [-0.2, 0) is 14.1 Å². The van der Waals surface area contributed by atoms with E-state index in [1.807, 2.05) is 30.3 Å². The lowest BCUT2D eigenvalue weighted by atomic mass is 9.95. The van der Waals surface area contributed by atoms with Crippen molar-refractivity contribution in [2.45, 2.75) is 20.8 Å². The molecule has 0 spiro atoms. The largest absolute Gasteiger partial charge is 0.493 e. The Kier molecular flexibility index (Phi) is 8.97. The highest BCUT2D eigenvalue weighted by Gasteiger charge is 2.24. The van der Waals surface area contributed by atoms with Gasteiger partial charge < -0.3 is 9.47 Å². The molecule has 0 radical (unpaired) electrons. The Morgan fingerprint density at radius 3 is 1.61 bits per heavy atom. The highest BCUT2D eigenvalue weighted by molar-refractivity contribution is 6.24. The summed E-state index contributed by atoms with van der Waals surface area (Å²) in [6, 6.07) is 46.5. The summed E-state index contributed by atoms with van der Waals surface area (Å²) in [5, 5.41) is 9.61. The average Bonchev–Trinajstić information content (AvgIpc) is 3.25. The number of aryl methyl sites for hydroxylation is 4. The van der Waals surface area contributed by atoms with Crippen LogP contribution in [0.3, 0.4) is 0 Å². The Morgan fingerprint density at radius 2 is 0.982 bits per heavy atom. The Bertz CT molecular complexity index is 3200. The number of rotatable bonds is 4. The van der Waals surface area contributed by atoms with Gasteiger partial charge in [0.2, 0.25) is 16.7 Å². The molecule has 2 aromatic heterocycles. The number of benzene rings is 8. The lowest BCUT2D eigenvalue weighted by Crippen LogP contribution is -2.34. The first-order valence-corrected chi connectivity index (χ1v) is 19.3. The summed E-state index contributed by atoms with van der Waals surface area (Å²) in [4.78, 5) is 10.3. The van der Waals surface area contributed by atoms with Crippen molar-refractivity contribution >= 4 is 65.2 Å². The van der Waals surface area contributed by atoms with Crippen LogP contribution >= 0.6 is 0 Å². The number of hydrogen-bond donors (Lipinski definition) is 0. The van der Waals surface area contributed by atoms with Crippen molar-refractivity contribution < 1.29 is 18.6 Å². The third-order valence-electron chi connectivity index (χ3n) is 11.4. The molecule has 0 fully saturated rings. The van der Waals surface area contributed by atoms with Gasteiger partial charge >= 0.3 is 0 Å². The van der Waals surface area contributed by atoms with Gasteiger partial charge in [-0.25, -0.2) is 9.97 Å². The second-order valence-corrected chi connectivity index (χ2v) is 14.8. The van der Waals surface area contributed by atoms with Gasteiger partial charge in [0.05, 0.1) is 25.0 Å². The molecule has 6 heteroatoms. The van der Waals surface area contributed by atoms with Crippen LogP contribution in [0.2, 0.25) is 0 Å². The molecule has 0 unspecified atom stereocenters. The van der Waals surface area contributed by atoms with Crippen LogP contribution in [0.1, 0.15) is 16.8 Å². The van der Waals surface area contributed by atoms with E-state index in [-0.39, 0.29) is 0 Å². The van der Waals surface area contributed by atoms with E-state index in [4.69, 9.17) is 19.4 Å². The first-order valence-electron chi connectivity index (χ1n) is 19.3. The number of ether oxygens (including phenoxy) is 2. The molecule has 0 atom stereocenters. The summed E-state index contributed by atoms with van der Waals surface area (Å²) in [5.74, 6) is 1.42. The summed E-state index contributed by atoms with van der Waals surface area (Å²) in [6.45, 7) is 6.50. The highest BCUT2D eigenvalue weighted by atomic mass is 16.5. The first kappa shape index (κ1) is 35.8. The molecule has 8 aromatic carbocycles. The van der Waals surface area contributed by atoms with Gasteiger partial charge in [0.1, 0.15) is 36.5 Å². The van der Waals surface area contributed by atoms with Crippen molar-refractivity contribution in [3.05, 3.63) is 156 Å². The molecule has 6 nitrogen and oxygen atoms in total.